The zero-order valence-corrected chi connectivity index (χ0v) is 14.7. The van der Waals surface area contributed by atoms with E-state index in [1.165, 1.54) is 16.9 Å². The van der Waals surface area contributed by atoms with E-state index in [1.54, 1.807) is 6.20 Å². The van der Waals surface area contributed by atoms with E-state index in [9.17, 15) is 8.42 Å². The Balaban J connectivity index is 1.61. The van der Waals surface area contributed by atoms with Gasteiger partial charge in [-0.05, 0) is 24.6 Å². The number of nitrogens with one attached hydrogen (secondary N) is 1. The predicted octanol–water partition coefficient (Wildman–Crippen LogP) is 2.20. The summed E-state index contributed by atoms with van der Waals surface area (Å²) in [7, 11) is -3.61. The molecule has 8 heteroatoms. The standard InChI is InChI=1S/C17H20N4O3S/c1-2-12-21-16(8-10-19-21)25(22,23)20-11-13-24-15-7-3-5-14-6-4-9-18-17(14)15/h3-10,20H,2,11-13H2,1H3. The van der Waals surface area contributed by atoms with Crippen molar-refractivity contribution in [2.75, 3.05) is 13.2 Å². The lowest BCUT2D eigenvalue weighted by Gasteiger charge is -2.11. The largest absolute Gasteiger partial charge is 0.490 e. The Morgan fingerprint density at radius 3 is 2.84 bits per heavy atom. The van der Waals surface area contributed by atoms with E-state index in [4.69, 9.17) is 4.74 Å². The summed E-state index contributed by atoms with van der Waals surface area (Å²) in [5, 5.41) is 5.18. The number of aryl methyl sites for hydroxylation is 1. The minimum absolute atomic E-state index is 0.156. The van der Waals surface area contributed by atoms with Crippen LogP contribution in [-0.4, -0.2) is 36.3 Å². The van der Waals surface area contributed by atoms with Crippen LogP contribution in [0.1, 0.15) is 13.3 Å². The molecular weight excluding hydrogens is 340 g/mol. The second-order valence-electron chi connectivity index (χ2n) is 5.47. The van der Waals surface area contributed by atoms with Crippen molar-refractivity contribution in [3.63, 3.8) is 0 Å². The number of hydrogen-bond donors (Lipinski definition) is 1. The zero-order valence-electron chi connectivity index (χ0n) is 13.9. The van der Waals surface area contributed by atoms with Crippen LogP contribution in [-0.2, 0) is 16.6 Å². The number of fused-ring (bicyclic) bond motifs is 1. The number of para-hydroxylation sites is 1. The summed E-state index contributed by atoms with van der Waals surface area (Å²) in [6.07, 6.45) is 4.00. The molecule has 0 amide bonds. The fourth-order valence-corrected chi connectivity index (χ4v) is 3.69. The molecule has 0 radical (unpaired) electrons. The highest BCUT2D eigenvalue weighted by Crippen LogP contribution is 2.22. The first-order valence-corrected chi connectivity index (χ1v) is 9.58. The molecule has 0 saturated carbocycles. The van der Waals surface area contributed by atoms with Gasteiger partial charge in [0.25, 0.3) is 10.0 Å². The first kappa shape index (κ1) is 17.4. The molecule has 0 spiro atoms. The second-order valence-corrected chi connectivity index (χ2v) is 7.18. The maximum Gasteiger partial charge on any atom is 0.257 e. The van der Waals surface area contributed by atoms with Gasteiger partial charge in [0.1, 0.15) is 17.9 Å². The highest BCUT2D eigenvalue weighted by atomic mass is 32.2. The molecule has 2 heterocycles. The summed E-state index contributed by atoms with van der Waals surface area (Å²) in [5.74, 6) is 0.633. The summed E-state index contributed by atoms with van der Waals surface area (Å²) in [6.45, 7) is 2.89. The fraction of sp³-hybridized carbons (Fsp3) is 0.294. The van der Waals surface area contributed by atoms with Crippen molar-refractivity contribution in [3.8, 4) is 5.75 Å². The normalized spacial score (nSPS) is 11.7. The zero-order chi connectivity index (χ0) is 17.7. The average Bonchev–Trinajstić information content (AvgIpc) is 3.08. The summed E-state index contributed by atoms with van der Waals surface area (Å²) in [6, 6.07) is 11.0. The van der Waals surface area contributed by atoms with Crippen molar-refractivity contribution < 1.29 is 13.2 Å². The maximum atomic E-state index is 12.4. The van der Waals surface area contributed by atoms with Gasteiger partial charge in [0.05, 0.1) is 6.20 Å². The van der Waals surface area contributed by atoms with Gasteiger partial charge in [-0.2, -0.15) is 5.10 Å². The number of nitrogens with zero attached hydrogens (tertiary/aromatic N) is 3. The molecule has 0 fully saturated rings. The van der Waals surface area contributed by atoms with Crippen molar-refractivity contribution in [3.05, 3.63) is 48.8 Å². The maximum absolute atomic E-state index is 12.4. The molecule has 132 valence electrons. The molecule has 3 aromatic rings. The van der Waals surface area contributed by atoms with Crippen molar-refractivity contribution in [2.24, 2.45) is 0 Å². The number of benzene rings is 1. The number of rotatable bonds is 8. The summed E-state index contributed by atoms with van der Waals surface area (Å²) in [5.41, 5.74) is 0.758. The number of sulfonamides is 1. The molecule has 0 atom stereocenters. The topological polar surface area (TPSA) is 86.1 Å². The first-order valence-electron chi connectivity index (χ1n) is 8.10. The molecule has 0 saturated heterocycles. The Labute approximate surface area is 146 Å². The number of pyridine rings is 1. The highest BCUT2D eigenvalue weighted by Gasteiger charge is 2.18. The van der Waals surface area contributed by atoms with Gasteiger partial charge < -0.3 is 4.74 Å². The van der Waals surface area contributed by atoms with Gasteiger partial charge in [0, 0.05) is 24.7 Å². The summed E-state index contributed by atoms with van der Waals surface area (Å²) >= 11 is 0. The van der Waals surface area contributed by atoms with Crippen molar-refractivity contribution in [2.45, 2.75) is 24.9 Å². The molecule has 0 bridgehead atoms. The molecule has 0 aliphatic carbocycles. The third kappa shape index (κ3) is 3.97. The lowest BCUT2D eigenvalue weighted by molar-refractivity contribution is 0.325. The second kappa shape index (κ2) is 7.62. The monoisotopic (exact) mass is 360 g/mol. The summed E-state index contributed by atoms with van der Waals surface area (Å²) < 4.78 is 34.5. The Hall–Kier alpha value is -2.45. The Morgan fingerprint density at radius 1 is 1.16 bits per heavy atom. The first-order chi connectivity index (χ1) is 12.1. The van der Waals surface area contributed by atoms with Crippen LogP contribution in [0.5, 0.6) is 5.75 Å². The minimum atomic E-state index is -3.61. The van der Waals surface area contributed by atoms with E-state index in [0.29, 0.717) is 12.3 Å². The van der Waals surface area contributed by atoms with Gasteiger partial charge in [0.15, 0.2) is 5.03 Å². The van der Waals surface area contributed by atoms with E-state index >= 15 is 0 Å². The molecule has 0 aliphatic rings. The van der Waals surface area contributed by atoms with Crippen LogP contribution in [0.3, 0.4) is 0 Å². The molecule has 25 heavy (non-hydrogen) atoms. The smallest absolute Gasteiger partial charge is 0.257 e. The minimum Gasteiger partial charge on any atom is -0.490 e. The molecule has 3 rings (SSSR count). The van der Waals surface area contributed by atoms with Gasteiger partial charge in [-0.1, -0.05) is 25.1 Å². The Bertz CT molecular complexity index is 948. The van der Waals surface area contributed by atoms with Gasteiger partial charge in [-0.25, -0.2) is 13.1 Å². The molecular formula is C17H20N4O3S. The molecule has 2 aromatic heterocycles. The SMILES string of the molecule is CCCn1nccc1S(=O)(=O)NCCOc1cccc2cccnc12. The van der Waals surface area contributed by atoms with Crippen molar-refractivity contribution >= 4 is 20.9 Å². The molecule has 1 N–H and O–H groups in total. The van der Waals surface area contributed by atoms with Gasteiger partial charge in [0.2, 0.25) is 0 Å². The third-order valence-electron chi connectivity index (χ3n) is 3.64. The highest BCUT2D eigenvalue weighted by molar-refractivity contribution is 7.89. The number of hydrogen-bond acceptors (Lipinski definition) is 5. The molecule has 1 aromatic carbocycles. The van der Waals surface area contributed by atoms with E-state index < -0.39 is 10.0 Å². The van der Waals surface area contributed by atoms with Gasteiger partial charge >= 0.3 is 0 Å². The lowest BCUT2D eigenvalue weighted by atomic mass is 10.2. The number of aromatic nitrogens is 3. The van der Waals surface area contributed by atoms with Crippen molar-refractivity contribution in [1.82, 2.24) is 19.5 Å². The molecule has 7 nitrogen and oxygen atoms in total. The van der Waals surface area contributed by atoms with Gasteiger partial charge in [-0.3, -0.25) is 9.67 Å². The Morgan fingerprint density at radius 2 is 2.00 bits per heavy atom. The van der Waals surface area contributed by atoms with Crippen LogP contribution in [0, 0.1) is 0 Å². The number of ether oxygens (including phenoxy) is 1. The molecule has 0 unspecified atom stereocenters. The van der Waals surface area contributed by atoms with E-state index in [-0.39, 0.29) is 18.2 Å². The van der Waals surface area contributed by atoms with Crippen LogP contribution in [0.25, 0.3) is 10.9 Å². The fourth-order valence-electron chi connectivity index (χ4n) is 2.53. The van der Waals surface area contributed by atoms with Crippen LogP contribution >= 0.6 is 0 Å². The predicted molar refractivity (Wildman–Crippen MR) is 94.9 cm³/mol. The third-order valence-corrected chi connectivity index (χ3v) is 5.12. The van der Waals surface area contributed by atoms with E-state index in [2.05, 4.69) is 14.8 Å². The quantitative estimate of drug-likeness (QED) is 0.623. The van der Waals surface area contributed by atoms with Crippen LogP contribution in [0.2, 0.25) is 0 Å². The Kier molecular flexibility index (Phi) is 5.30. The lowest BCUT2D eigenvalue weighted by Crippen LogP contribution is -2.30. The van der Waals surface area contributed by atoms with Crippen LogP contribution < -0.4 is 9.46 Å². The average molecular weight is 360 g/mol. The van der Waals surface area contributed by atoms with Crippen LogP contribution in [0.4, 0.5) is 0 Å². The molecule has 0 aliphatic heterocycles. The van der Waals surface area contributed by atoms with Gasteiger partial charge in [-0.15, -0.1) is 0 Å². The van der Waals surface area contributed by atoms with Crippen molar-refractivity contribution in [1.29, 1.82) is 0 Å². The van der Waals surface area contributed by atoms with E-state index in [0.717, 1.165) is 17.3 Å². The van der Waals surface area contributed by atoms with Crippen LogP contribution in [0.15, 0.2) is 53.8 Å². The van der Waals surface area contributed by atoms with E-state index in [1.807, 2.05) is 37.3 Å². The summed E-state index contributed by atoms with van der Waals surface area (Å²) in [4.78, 5) is 4.31.